The number of rotatable bonds is 6. The predicted molar refractivity (Wildman–Crippen MR) is 82.9 cm³/mol. The van der Waals surface area contributed by atoms with Crippen LogP contribution in [0.4, 0.5) is 5.69 Å². The van der Waals surface area contributed by atoms with Crippen molar-refractivity contribution in [1.29, 1.82) is 0 Å². The van der Waals surface area contributed by atoms with Crippen molar-refractivity contribution in [2.45, 2.75) is 13.3 Å². The zero-order valence-corrected chi connectivity index (χ0v) is 12.5. The smallest absolute Gasteiger partial charge is 0.241 e. The summed E-state index contributed by atoms with van der Waals surface area (Å²) >= 11 is 0. The Morgan fingerprint density at radius 2 is 2.15 bits per heavy atom. The van der Waals surface area contributed by atoms with Gasteiger partial charge in [-0.1, -0.05) is 18.2 Å². The number of likely N-dealkylation sites (N-methyl/N-ethyl adjacent to an activating group) is 1. The van der Waals surface area contributed by atoms with Gasteiger partial charge in [-0.3, -0.25) is 9.69 Å². The quantitative estimate of drug-likeness (QED) is 0.856. The van der Waals surface area contributed by atoms with Gasteiger partial charge in [0.25, 0.3) is 0 Å². The molecule has 1 heterocycles. The molecule has 1 amide bonds. The Bertz CT molecular complexity index is 421. The van der Waals surface area contributed by atoms with E-state index in [4.69, 9.17) is 0 Å². The van der Waals surface area contributed by atoms with E-state index in [9.17, 15) is 4.79 Å². The predicted octanol–water partition coefficient (Wildman–Crippen LogP) is 1.58. The SMILES string of the molecule is CCN(C(=O)CN1CCC(CNC)C1)c1ccccc1. The Hall–Kier alpha value is -1.39. The summed E-state index contributed by atoms with van der Waals surface area (Å²) in [5.41, 5.74) is 0.992. The van der Waals surface area contributed by atoms with Crippen LogP contribution in [0.5, 0.6) is 0 Å². The lowest BCUT2D eigenvalue weighted by Crippen LogP contribution is -2.40. The molecule has 1 fully saturated rings. The summed E-state index contributed by atoms with van der Waals surface area (Å²) in [5, 5.41) is 3.22. The molecular weight excluding hydrogens is 250 g/mol. The van der Waals surface area contributed by atoms with Gasteiger partial charge in [0.2, 0.25) is 5.91 Å². The number of likely N-dealkylation sites (tertiary alicyclic amines) is 1. The molecule has 110 valence electrons. The van der Waals surface area contributed by atoms with Crippen LogP contribution in [0, 0.1) is 5.92 Å². The summed E-state index contributed by atoms with van der Waals surface area (Å²) in [5.74, 6) is 0.878. The largest absolute Gasteiger partial charge is 0.319 e. The van der Waals surface area contributed by atoms with Gasteiger partial charge >= 0.3 is 0 Å². The highest BCUT2D eigenvalue weighted by Gasteiger charge is 2.25. The summed E-state index contributed by atoms with van der Waals surface area (Å²) in [6.45, 7) is 6.38. The molecule has 4 heteroatoms. The van der Waals surface area contributed by atoms with Crippen molar-refractivity contribution in [2.75, 3.05) is 44.7 Å². The third kappa shape index (κ3) is 3.81. The van der Waals surface area contributed by atoms with Gasteiger partial charge in [-0.25, -0.2) is 0 Å². The summed E-state index contributed by atoms with van der Waals surface area (Å²) in [6, 6.07) is 9.92. The molecule has 20 heavy (non-hydrogen) atoms. The van der Waals surface area contributed by atoms with E-state index in [0.29, 0.717) is 12.5 Å². The van der Waals surface area contributed by atoms with Gasteiger partial charge < -0.3 is 10.2 Å². The fraction of sp³-hybridized carbons (Fsp3) is 0.562. The number of nitrogens with zero attached hydrogens (tertiary/aromatic N) is 2. The van der Waals surface area contributed by atoms with Crippen molar-refractivity contribution < 1.29 is 4.79 Å². The Kier molecular flexibility index (Phi) is 5.56. The molecule has 0 radical (unpaired) electrons. The van der Waals surface area contributed by atoms with Crippen LogP contribution in [0.1, 0.15) is 13.3 Å². The number of para-hydroxylation sites is 1. The fourth-order valence-electron chi connectivity index (χ4n) is 2.90. The minimum atomic E-state index is 0.198. The molecule has 0 saturated carbocycles. The molecule has 1 atom stereocenters. The van der Waals surface area contributed by atoms with E-state index in [0.717, 1.165) is 31.9 Å². The molecule has 1 aliphatic heterocycles. The monoisotopic (exact) mass is 275 g/mol. The Morgan fingerprint density at radius 3 is 2.80 bits per heavy atom. The van der Waals surface area contributed by atoms with Crippen molar-refractivity contribution in [3.05, 3.63) is 30.3 Å². The first-order chi connectivity index (χ1) is 9.74. The van der Waals surface area contributed by atoms with E-state index in [1.165, 1.54) is 6.42 Å². The van der Waals surface area contributed by atoms with Crippen molar-refractivity contribution in [3.63, 3.8) is 0 Å². The average Bonchev–Trinajstić information content (AvgIpc) is 2.88. The van der Waals surface area contributed by atoms with Crippen LogP contribution in [-0.4, -0.2) is 50.6 Å². The van der Waals surface area contributed by atoms with Crippen LogP contribution in [0.15, 0.2) is 30.3 Å². The molecule has 0 spiro atoms. The van der Waals surface area contributed by atoms with E-state index < -0.39 is 0 Å². The molecule has 1 unspecified atom stereocenters. The standard InChI is InChI=1S/C16H25N3O/c1-3-19(15-7-5-4-6-8-15)16(20)13-18-10-9-14(12-18)11-17-2/h4-8,14,17H,3,9-13H2,1-2H3. The second kappa shape index (κ2) is 7.41. The van der Waals surface area contributed by atoms with Crippen LogP contribution < -0.4 is 10.2 Å². The van der Waals surface area contributed by atoms with Gasteiger partial charge in [0.15, 0.2) is 0 Å². The lowest BCUT2D eigenvalue weighted by molar-refractivity contribution is -0.119. The second-order valence-electron chi connectivity index (χ2n) is 5.42. The first-order valence-electron chi connectivity index (χ1n) is 7.47. The molecule has 1 aliphatic rings. The molecule has 4 nitrogen and oxygen atoms in total. The van der Waals surface area contributed by atoms with E-state index in [2.05, 4.69) is 10.2 Å². The molecule has 0 aliphatic carbocycles. The normalized spacial score (nSPS) is 19.2. The lowest BCUT2D eigenvalue weighted by Gasteiger charge is -2.24. The van der Waals surface area contributed by atoms with E-state index in [1.807, 2.05) is 49.2 Å². The van der Waals surface area contributed by atoms with Crippen LogP contribution in [0.25, 0.3) is 0 Å². The van der Waals surface area contributed by atoms with Gasteiger partial charge in [0, 0.05) is 18.8 Å². The maximum absolute atomic E-state index is 12.5. The number of nitrogens with one attached hydrogen (secondary N) is 1. The molecule has 0 bridgehead atoms. The lowest BCUT2D eigenvalue weighted by atomic mass is 10.1. The Balaban J connectivity index is 1.91. The summed E-state index contributed by atoms with van der Waals surface area (Å²) < 4.78 is 0. The second-order valence-corrected chi connectivity index (χ2v) is 5.42. The van der Waals surface area contributed by atoms with Gasteiger partial charge in [-0.15, -0.1) is 0 Å². The highest BCUT2D eigenvalue weighted by molar-refractivity contribution is 5.94. The van der Waals surface area contributed by atoms with Gasteiger partial charge in [0.1, 0.15) is 0 Å². The van der Waals surface area contributed by atoms with Gasteiger partial charge in [-0.2, -0.15) is 0 Å². The number of carbonyl (C=O) groups excluding carboxylic acids is 1. The number of anilines is 1. The van der Waals surface area contributed by atoms with Crippen molar-refractivity contribution in [2.24, 2.45) is 5.92 Å². The molecule has 1 aromatic rings. The van der Waals surface area contributed by atoms with Crippen LogP contribution in [0.3, 0.4) is 0 Å². The Labute approximate surface area is 121 Å². The summed E-state index contributed by atoms with van der Waals surface area (Å²) in [7, 11) is 1.99. The van der Waals surface area contributed by atoms with E-state index in [-0.39, 0.29) is 5.91 Å². The molecular formula is C16H25N3O. The topological polar surface area (TPSA) is 35.6 Å². The Morgan fingerprint density at radius 1 is 1.40 bits per heavy atom. The van der Waals surface area contributed by atoms with Crippen LogP contribution >= 0.6 is 0 Å². The molecule has 1 N–H and O–H groups in total. The molecule has 1 aromatic carbocycles. The zero-order valence-electron chi connectivity index (χ0n) is 12.5. The molecule has 0 aromatic heterocycles. The molecule has 2 rings (SSSR count). The third-order valence-corrected chi connectivity index (χ3v) is 3.91. The average molecular weight is 275 g/mol. The van der Waals surface area contributed by atoms with Crippen LogP contribution in [-0.2, 0) is 4.79 Å². The number of hydrogen-bond acceptors (Lipinski definition) is 3. The van der Waals surface area contributed by atoms with Crippen molar-refractivity contribution in [1.82, 2.24) is 10.2 Å². The highest BCUT2D eigenvalue weighted by atomic mass is 16.2. The van der Waals surface area contributed by atoms with Crippen molar-refractivity contribution >= 4 is 11.6 Å². The highest BCUT2D eigenvalue weighted by Crippen LogP contribution is 2.17. The fourth-order valence-corrected chi connectivity index (χ4v) is 2.90. The van der Waals surface area contributed by atoms with Gasteiger partial charge in [0.05, 0.1) is 6.54 Å². The summed E-state index contributed by atoms with van der Waals surface area (Å²) in [4.78, 5) is 16.6. The first-order valence-corrected chi connectivity index (χ1v) is 7.47. The molecule has 1 saturated heterocycles. The van der Waals surface area contributed by atoms with Crippen LogP contribution in [0.2, 0.25) is 0 Å². The number of benzene rings is 1. The maximum Gasteiger partial charge on any atom is 0.241 e. The number of amides is 1. The number of hydrogen-bond donors (Lipinski definition) is 1. The van der Waals surface area contributed by atoms with E-state index in [1.54, 1.807) is 0 Å². The first kappa shape index (κ1) is 15.0. The zero-order chi connectivity index (χ0) is 14.4. The van der Waals surface area contributed by atoms with Crippen molar-refractivity contribution in [3.8, 4) is 0 Å². The summed E-state index contributed by atoms with van der Waals surface area (Å²) in [6.07, 6.45) is 1.19. The third-order valence-electron chi connectivity index (χ3n) is 3.91. The maximum atomic E-state index is 12.5. The van der Waals surface area contributed by atoms with Gasteiger partial charge in [-0.05, 0) is 51.5 Å². The minimum absolute atomic E-state index is 0.198. The minimum Gasteiger partial charge on any atom is -0.319 e. The number of carbonyl (C=O) groups is 1. The van der Waals surface area contributed by atoms with E-state index >= 15 is 0 Å².